The Morgan fingerprint density at radius 2 is 2.00 bits per heavy atom. The van der Waals surface area contributed by atoms with Gasteiger partial charge in [0.05, 0.1) is 18.2 Å². The Morgan fingerprint density at radius 1 is 1.22 bits per heavy atom. The van der Waals surface area contributed by atoms with Gasteiger partial charge in [-0.15, -0.1) is 0 Å². The van der Waals surface area contributed by atoms with Gasteiger partial charge in [-0.05, 0) is 55.9 Å². The molecule has 1 aromatic heterocycles. The smallest absolute Gasteiger partial charge is 0.326 e. The molecule has 6 heteroatoms. The highest BCUT2D eigenvalue weighted by Crippen LogP contribution is 2.41. The maximum atomic E-state index is 13.4. The number of hydrogen-bond acceptors (Lipinski definition) is 4. The molecule has 2 unspecified atom stereocenters. The van der Waals surface area contributed by atoms with Gasteiger partial charge in [-0.25, -0.2) is 4.79 Å². The van der Waals surface area contributed by atoms with Crippen molar-refractivity contribution in [1.82, 2.24) is 9.88 Å². The molecule has 27 heavy (non-hydrogen) atoms. The topological polar surface area (TPSA) is 79.7 Å². The van der Waals surface area contributed by atoms with Gasteiger partial charge in [0.25, 0.3) is 5.91 Å². The monoisotopic (exact) mass is 368 g/mol. The Morgan fingerprint density at radius 3 is 2.67 bits per heavy atom. The van der Waals surface area contributed by atoms with Crippen molar-refractivity contribution in [2.45, 2.75) is 44.6 Å². The van der Waals surface area contributed by atoms with Crippen molar-refractivity contribution in [1.29, 1.82) is 0 Å². The molecule has 4 rings (SSSR count). The van der Waals surface area contributed by atoms with Gasteiger partial charge in [0, 0.05) is 23.5 Å². The molecule has 0 spiro atoms. The summed E-state index contributed by atoms with van der Waals surface area (Å²) in [4.78, 5) is 31.4. The first-order valence-electron chi connectivity index (χ1n) is 9.50. The van der Waals surface area contributed by atoms with E-state index in [1.54, 1.807) is 7.11 Å². The van der Waals surface area contributed by atoms with Crippen molar-refractivity contribution >= 4 is 22.8 Å². The number of ether oxygens (including phenoxy) is 1. The van der Waals surface area contributed by atoms with Crippen LogP contribution in [0.5, 0.6) is 5.75 Å². The van der Waals surface area contributed by atoms with Gasteiger partial charge in [-0.3, -0.25) is 9.78 Å². The van der Waals surface area contributed by atoms with E-state index in [-0.39, 0.29) is 5.91 Å². The molecule has 1 aliphatic carbocycles. The molecule has 1 N–H and O–H groups in total. The van der Waals surface area contributed by atoms with Crippen molar-refractivity contribution in [3.63, 3.8) is 0 Å². The van der Waals surface area contributed by atoms with Crippen molar-refractivity contribution < 1.29 is 19.4 Å². The van der Waals surface area contributed by atoms with E-state index in [9.17, 15) is 14.7 Å². The summed E-state index contributed by atoms with van der Waals surface area (Å²) in [6, 6.07) is 6.60. The Labute approximate surface area is 158 Å². The van der Waals surface area contributed by atoms with E-state index < -0.39 is 12.0 Å². The van der Waals surface area contributed by atoms with Gasteiger partial charge in [-0.1, -0.05) is 6.92 Å². The minimum Gasteiger partial charge on any atom is -0.497 e. The van der Waals surface area contributed by atoms with Gasteiger partial charge in [0.2, 0.25) is 0 Å². The van der Waals surface area contributed by atoms with Crippen molar-refractivity contribution in [3.05, 3.63) is 35.5 Å². The predicted octanol–water partition coefficient (Wildman–Crippen LogP) is 3.45. The number of carboxylic acid groups (broad SMARTS) is 1. The van der Waals surface area contributed by atoms with Crippen LogP contribution in [-0.4, -0.2) is 46.6 Å². The van der Waals surface area contributed by atoms with E-state index in [1.807, 2.05) is 31.2 Å². The minimum atomic E-state index is -0.937. The molecule has 142 valence electrons. The van der Waals surface area contributed by atoms with Gasteiger partial charge < -0.3 is 14.7 Å². The highest BCUT2D eigenvalue weighted by Gasteiger charge is 2.36. The van der Waals surface area contributed by atoms with Gasteiger partial charge >= 0.3 is 5.97 Å². The second-order valence-electron chi connectivity index (χ2n) is 7.73. The highest BCUT2D eigenvalue weighted by atomic mass is 16.5. The summed E-state index contributed by atoms with van der Waals surface area (Å²) in [5.74, 6) is 0.191. The van der Waals surface area contributed by atoms with Crippen LogP contribution in [0.25, 0.3) is 10.9 Å². The average molecular weight is 368 g/mol. The molecular weight excluding hydrogens is 344 g/mol. The number of carbonyl (C=O) groups is 2. The summed E-state index contributed by atoms with van der Waals surface area (Å²) in [6.45, 7) is 2.50. The van der Waals surface area contributed by atoms with E-state index in [2.05, 4.69) is 0 Å². The lowest BCUT2D eigenvalue weighted by Crippen LogP contribution is -2.49. The Balaban J connectivity index is 1.80. The third-order valence-electron chi connectivity index (χ3n) is 5.67. The number of aliphatic carboxylic acids is 1. The zero-order valence-corrected chi connectivity index (χ0v) is 15.6. The van der Waals surface area contributed by atoms with Gasteiger partial charge in [0.15, 0.2) is 0 Å². The second-order valence-corrected chi connectivity index (χ2v) is 7.73. The van der Waals surface area contributed by atoms with Crippen LogP contribution in [-0.2, 0) is 4.79 Å². The first-order valence-corrected chi connectivity index (χ1v) is 9.50. The van der Waals surface area contributed by atoms with Crippen LogP contribution in [0.3, 0.4) is 0 Å². The number of fused-ring (bicyclic) bond motifs is 1. The lowest BCUT2D eigenvalue weighted by Gasteiger charge is -2.36. The molecule has 2 atom stereocenters. The summed E-state index contributed by atoms with van der Waals surface area (Å²) in [6.07, 6.45) is 3.47. The minimum absolute atomic E-state index is 0.225. The number of aromatic nitrogens is 1. The van der Waals surface area contributed by atoms with E-state index >= 15 is 0 Å². The number of pyridine rings is 1. The normalized spacial score (nSPS) is 22.7. The molecule has 2 heterocycles. The van der Waals surface area contributed by atoms with Crippen LogP contribution in [0.2, 0.25) is 0 Å². The lowest BCUT2D eigenvalue weighted by atomic mass is 9.91. The van der Waals surface area contributed by atoms with Crippen molar-refractivity contribution in [2.24, 2.45) is 5.92 Å². The number of benzene rings is 1. The van der Waals surface area contributed by atoms with Crippen LogP contribution < -0.4 is 4.74 Å². The zero-order valence-electron chi connectivity index (χ0n) is 15.6. The molecule has 0 bridgehead atoms. The number of carbonyl (C=O) groups excluding carboxylic acids is 1. The molecular formula is C21H24N2O4. The van der Waals surface area contributed by atoms with E-state index in [0.717, 1.165) is 30.5 Å². The fraction of sp³-hybridized carbons (Fsp3) is 0.476. The van der Waals surface area contributed by atoms with Crippen LogP contribution in [0.15, 0.2) is 24.3 Å². The predicted molar refractivity (Wildman–Crippen MR) is 101 cm³/mol. The summed E-state index contributed by atoms with van der Waals surface area (Å²) in [5, 5.41) is 10.4. The van der Waals surface area contributed by atoms with Crippen molar-refractivity contribution in [2.75, 3.05) is 13.7 Å². The third kappa shape index (κ3) is 3.36. The van der Waals surface area contributed by atoms with Crippen LogP contribution in [0.4, 0.5) is 0 Å². The molecule has 2 fully saturated rings. The van der Waals surface area contributed by atoms with Crippen LogP contribution >= 0.6 is 0 Å². The van der Waals surface area contributed by atoms with E-state index in [4.69, 9.17) is 9.72 Å². The molecule has 6 nitrogen and oxygen atoms in total. The number of methoxy groups -OCH3 is 1. The maximum absolute atomic E-state index is 13.4. The van der Waals surface area contributed by atoms with Gasteiger partial charge in [0.1, 0.15) is 11.8 Å². The molecule has 1 saturated heterocycles. The molecule has 2 aliphatic rings. The largest absolute Gasteiger partial charge is 0.497 e. The fourth-order valence-electron chi connectivity index (χ4n) is 3.89. The summed E-state index contributed by atoms with van der Waals surface area (Å²) in [5.41, 5.74) is 2.20. The summed E-state index contributed by atoms with van der Waals surface area (Å²) < 4.78 is 5.32. The maximum Gasteiger partial charge on any atom is 0.326 e. The highest BCUT2D eigenvalue weighted by molar-refractivity contribution is 6.07. The van der Waals surface area contributed by atoms with Crippen molar-refractivity contribution in [3.8, 4) is 5.75 Å². The third-order valence-corrected chi connectivity index (χ3v) is 5.67. The summed E-state index contributed by atoms with van der Waals surface area (Å²) >= 11 is 0. The Hall–Kier alpha value is -2.63. The lowest BCUT2D eigenvalue weighted by molar-refractivity contribution is -0.144. The van der Waals surface area contributed by atoms with Gasteiger partial charge in [-0.2, -0.15) is 0 Å². The average Bonchev–Trinajstić information content (AvgIpc) is 3.51. The molecule has 1 aliphatic heterocycles. The van der Waals surface area contributed by atoms with E-state index in [0.29, 0.717) is 41.5 Å². The molecule has 1 amide bonds. The SMILES string of the molecule is COc1ccc2nc(C3CC3)cc(C(=O)N3CCC(C)CC3C(=O)O)c2c1. The fourth-order valence-corrected chi connectivity index (χ4v) is 3.89. The number of carboxylic acids is 1. The number of likely N-dealkylation sites (tertiary alicyclic amines) is 1. The standard InChI is InChI=1S/C21H24N2O4/c1-12-7-8-23(19(9-12)21(25)26)20(24)16-11-18(13-3-4-13)22-17-6-5-14(27-2)10-15(16)17/h5-6,10-13,19H,3-4,7-9H2,1-2H3,(H,25,26). The van der Waals surface area contributed by atoms with E-state index in [1.165, 1.54) is 4.90 Å². The Bertz CT molecular complexity index is 906. The number of piperidine rings is 1. The zero-order chi connectivity index (χ0) is 19.1. The van der Waals surface area contributed by atoms with Crippen LogP contribution in [0.1, 0.15) is 54.6 Å². The molecule has 0 radical (unpaired) electrons. The number of hydrogen-bond donors (Lipinski definition) is 1. The van der Waals surface area contributed by atoms with Crippen LogP contribution in [0, 0.1) is 5.92 Å². The number of amides is 1. The molecule has 2 aromatic rings. The quantitative estimate of drug-likeness (QED) is 0.894. The number of nitrogens with zero attached hydrogens (tertiary/aromatic N) is 2. The Kier molecular flexibility index (Phi) is 4.50. The first-order chi connectivity index (χ1) is 13.0. The first kappa shape index (κ1) is 17.8. The number of rotatable bonds is 4. The summed E-state index contributed by atoms with van der Waals surface area (Å²) in [7, 11) is 1.58. The molecule has 1 aromatic carbocycles. The second kappa shape index (κ2) is 6.83. The molecule has 1 saturated carbocycles.